The van der Waals surface area contributed by atoms with Gasteiger partial charge in [0.15, 0.2) is 0 Å². The number of ether oxygens (including phenoxy) is 1. The van der Waals surface area contributed by atoms with E-state index in [-0.39, 0.29) is 30.5 Å². The third kappa shape index (κ3) is 8.80. The van der Waals surface area contributed by atoms with Gasteiger partial charge in [0.25, 0.3) is 0 Å². The Morgan fingerprint density at radius 3 is 2.43 bits per heavy atom. The van der Waals surface area contributed by atoms with E-state index in [0.29, 0.717) is 30.9 Å². The van der Waals surface area contributed by atoms with Gasteiger partial charge in [-0.1, -0.05) is 62.8 Å². The third-order valence-electron chi connectivity index (χ3n) is 7.48. The Morgan fingerprint density at radius 1 is 1.07 bits per heavy atom. The van der Waals surface area contributed by atoms with Crippen LogP contribution in [-0.2, 0) is 20.8 Å². The number of phenolic OH excluding ortho intramolecular Hbond substituents is 1. The highest BCUT2D eigenvalue weighted by molar-refractivity contribution is 5.94. The Balaban J connectivity index is 1.99. The minimum Gasteiger partial charge on any atom is -0.508 e. The SMILES string of the molecule is CCC(C)[C@@H]1NCCOc2ccccc2C=CCNC(=O)[C@@H](Cc2ccc(O)cc2)NC(=O)[C@H](C(C)(C)O)N(C)C1=O. The largest absolute Gasteiger partial charge is 0.508 e. The fourth-order valence-corrected chi connectivity index (χ4v) is 5.01. The van der Waals surface area contributed by atoms with Gasteiger partial charge >= 0.3 is 0 Å². The highest BCUT2D eigenvalue weighted by Crippen LogP contribution is 2.21. The van der Waals surface area contributed by atoms with E-state index in [0.717, 1.165) is 5.56 Å². The van der Waals surface area contributed by atoms with Crippen molar-refractivity contribution >= 4 is 23.8 Å². The van der Waals surface area contributed by atoms with Gasteiger partial charge in [0, 0.05) is 32.1 Å². The van der Waals surface area contributed by atoms with Crippen LogP contribution < -0.4 is 20.7 Å². The minimum absolute atomic E-state index is 0.0701. The normalized spacial score (nSPS) is 22.2. The van der Waals surface area contributed by atoms with Crippen molar-refractivity contribution in [3.63, 3.8) is 0 Å². The van der Waals surface area contributed by atoms with Gasteiger partial charge in [-0.3, -0.25) is 14.4 Å². The molecule has 10 heteroatoms. The maximum Gasteiger partial charge on any atom is 0.246 e. The number of phenols is 1. The van der Waals surface area contributed by atoms with E-state index < -0.39 is 35.5 Å². The second-order valence-corrected chi connectivity index (χ2v) is 11.3. The van der Waals surface area contributed by atoms with Crippen LogP contribution in [0.5, 0.6) is 11.5 Å². The topological polar surface area (TPSA) is 140 Å². The molecule has 0 aliphatic carbocycles. The first-order valence-corrected chi connectivity index (χ1v) is 14.4. The summed E-state index contributed by atoms with van der Waals surface area (Å²) in [5.74, 6) is -0.762. The first kappa shape index (κ1) is 32.6. The zero-order chi connectivity index (χ0) is 30.9. The molecule has 0 fully saturated rings. The molecule has 0 radical (unpaired) electrons. The van der Waals surface area contributed by atoms with E-state index in [9.17, 15) is 24.6 Å². The fraction of sp³-hybridized carbons (Fsp3) is 0.469. The predicted molar refractivity (Wildman–Crippen MR) is 162 cm³/mol. The van der Waals surface area contributed by atoms with E-state index in [1.165, 1.54) is 37.9 Å². The molecular weight excluding hydrogens is 536 g/mol. The smallest absolute Gasteiger partial charge is 0.246 e. The summed E-state index contributed by atoms with van der Waals surface area (Å²) in [4.78, 5) is 42.2. The molecule has 0 aromatic heterocycles. The monoisotopic (exact) mass is 580 g/mol. The Kier molecular flexibility index (Phi) is 11.5. The van der Waals surface area contributed by atoms with Crippen molar-refractivity contribution in [2.75, 3.05) is 26.7 Å². The van der Waals surface area contributed by atoms with Crippen LogP contribution in [0.3, 0.4) is 0 Å². The molecule has 1 unspecified atom stereocenters. The number of rotatable bonds is 5. The van der Waals surface area contributed by atoms with Crippen LogP contribution in [0.2, 0.25) is 0 Å². The van der Waals surface area contributed by atoms with Crippen LogP contribution in [0.1, 0.15) is 45.2 Å². The molecule has 3 rings (SSSR count). The molecule has 10 nitrogen and oxygen atoms in total. The van der Waals surface area contributed by atoms with Crippen LogP contribution in [-0.4, -0.2) is 83.3 Å². The molecule has 4 atom stereocenters. The van der Waals surface area contributed by atoms with E-state index in [1.807, 2.05) is 44.2 Å². The Morgan fingerprint density at radius 2 is 1.76 bits per heavy atom. The van der Waals surface area contributed by atoms with E-state index >= 15 is 0 Å². The number of para-hydroxylation sites is 1. The van der Waals surface area contributed by atoms with Gasteiger partial charge in [-0.25, -0.2) is 0 Å². The molecule has 1 heterocycles. The number of carbonyl (C=O) groups is 3. The third-order valence-corrected chi connectivity index (χ3v) is 7.48. The molecule has 0 saturated heterocycles. The van der Waals surface area contributed by atoms with Crippen LogP contribution in [0.15, 0.2) is 54.6 Å². The summed E-state index contributed by atoms with van der Waals surface area (Å²) in [5.41, 5.74) is -0.0730. The molecule has 2 aromatic carbocycles. The van der Waals surface area contributed by atoms with E-state index in [4.69, 9.17) is 4.74 Å². The van der Waals surface area contributed by atoms with Crippen molar-refractivity contribution in [3.05, 3.63) is 65.7 Å². The first-order chi connectivity index (χ1) is 19.9. The summed E-state index contributed by atoms with van der Waals surface area (Å²) >= 11 is 0. The Hall–Kier alpha value is -3.89. The van der Waals surface area contributed by atoms with Gasteiger partial charge in [-0.05, 0) is 43.5 Å². The van der Waals surface area contributed by atoms with Gasteiger partial charge in [0.2, 0.25) is 17.7 Å². The van der Waals surface area contributed by atoms with E-state index in [2.05, 4.69) is 16.0 Å². The maximum absolute atomic E-state index is 13.8. The molecule has 5 N–H and O–H groups in total. The number of aliphatic hydroxyl groups is 1. The molecule has 42 heavy (non-hydrogen) atoms. The molecule has 0 saturated carbocycles. The van der Waals surface area contributed by atoms with Gasteiger partial charge in [0.05, 0.1) is 11.6 Å². The zero-order valence-electron chi connectivity index (χ0n) is 25.1. The summed E-state index contributed by atoms with van der Waals surface area (Å²) in [7, 11) is 1.49. The number of aromatic hydroxyl groups is 1. The molecule has 1 aliphatic heterocycles. The van der Waals surface area contributed by atoms with Gasteiger partial charge < -0.3 is 35.8 Å². The number of fused-ring (bicyclic) bond motifs is 1. The predicted octanol–water partition coefficient (Wildman–Crippen LogP) is 2.24. The van der Waals surface area contributed by atoms with Gasteiger partial charge in [-0.2, -0.15) is 0 Å². The average Bonchev–Trinajstić information content (AvgIpc) is 2.94. The maximum atomic E-state index is 13.8. The molecule has 0 spiro atoms. The number of amides is 3. The Labute approximate surface area is 248 Å². The fourth-order valence-electron chi connectivity index (χ4n) is 5.01. The number of carbonyl (C=O) groups excluding carboxylic acids is 3. The van der Waals surface area contributed by atoms with Crippen molar-refractivity contribution in [3.8, 4) is 11.5 Å². The lowest BCUT2D eigenvalue weighted by Gasteiger charge is -2.39. The average molecular weight is 581 g/mol. The number of benzene rings is 2. The minimum atomic E-state index is -1.62. The first-order valence-electron chi connectivity index (χ1n) is 14.4. The van der Waals surface area contributed by atoms with Crippen molar-refractivity contribution in [1.82, 2.24) is 20.9 Å². The number of nitrogens with zero attached hydrogens (tertiary/aromatic N) is 1. The summed E-state index contributed by atoms with van der Waals surface area (Å²) in [6.07, 6.45) is 4.49. The molecule has 3 amide bonds. The van der Waals surface area contributed by atoms with Crippen LogP contribution in [0.4, 0.5) is 0 Å². The molecule has 0 bridgehead atoms. The second kappa shape index (κ2) is 14.8. The number of hydrogen-bond acceptors (Lipinski definition) is 7. The number of likely N-dealkylation sites (N-methyl/N-ethyl adjacent to an activating group) is 1. The number of nitrogens with one attached hydrogen (secondary N) is 3. The molecule has 228 valence electrons. The quantitative estimate of drug-likeness (QED) is 0.365. The van der Waals surface area contributed by atoms with Crippen LogP contribution in [0.25, 0.3) is 6.08 Å². The van der Waals surface area contributed by atoms with Gasteiger partial charge in [0.1, 0.15) is 30.2 Å². The van der Waals surface area contributed by atoms with Crippen molar-refractivity contribution in [2.24, 2.45) is 5.92 Å². The second-order valence-electron chi connectivity index (χ2n) is 11.3. The summed E-state index contributed by atoms with van der Waals surface area (Å²) in [5, 5.41) is 29.7. The zero-order valence-corrected chi connectivity index (χ0v) is 25.1. The lowest BCUT2D eigenvalue weighted by Crippen LogP contribution is -2.63. The lowest BCUT2D eigenvalue weighted by molar-refractivity contribution is -0.150. The number of hydrogen-bond donors (Lipinski definition) is 5. The summed E-state index contributed by atoms with van der Waals surface area (Å²) < 4.78 is 6.01. The van der Waals surface area contributed by atoms with Crippen molar-refractivity contribution in [1.29, 1.82) is 0 Å². The molecule has 1 aliphatic rings. The molecule has 2 aromatic rings. The highest BCUT2D eigenvalue weighted by Gasteiger charge is 2.42. The summed E-state index contributed by atoms with van der Waals surface area (Å²) in [6, 6.07) is 11.0. The Bertz CT molecular complexity index is 1240. The van der Waals surface area contributed by atoms with E-state index in [1.54, 1.807) is 18.2 Å². The standard InChI is InChI=1S/C32H44N4O6/c1-6-21(2)27-31(40)36(5)28(32(3,4)41)30(39)35-25(20-22-13-15-24(37)16-14-22)29(38)34-17-9-11-23-10-7-8-12-26(23)42-19-18-33-27/h7-16,21,25,27-28,33,37,41H,6,17-20H2,1-5H3,(H,34,38)(H,35,39)/t21?,25-,27+,28-/m1/s1. The lowest BCUT2D eigenvalue weighted by atomic mass is 9.92. The highest BCUT2D eigenvalue weighted by atomic mass is 16.5. The van der Waals surface area contributed by atoms with Crippen molar-refractivity contribution in [2.45, 2.75) is 64.3 Å². The molecular formula is C32H44N4O6. The van der Waals surface area contributed by atoms with Gasteiger partial charge in [-0.15, -0.1) is 0 Å². The summed E-state index contributed by atoms with van der Waals surface area (Å²) in [6.45, 7) is 7.75. The van der Waals surface area contributed by atoms with Crippen molar-refractivity contribution < 1.29 is 29.3 Å². The van der Waals surface area contributed by atoms with Crippen LogP contribution >= 0.6 is 0 Å². The van der Waals surface area contributed by atoms with Crippen LogP contribution in [0, 0.1) is 5.92 Å².